The Hall–Kier alpha value is -2.30. The molecule has 4 nitrogen and oxygen atoms in total. The fourth-order valence-corrected chi connectivity index (χ4v) is 2.80. The van der Waals surface area contributed by atoms with E-state index in [-0.39, 0.29) is 21.3 Å². The van der Waals surface area contributed by atoms with E-state index >= 15 is 0 Å². The number of aliphatic hydroxyl groups is 1. The van der Waals surface area contributed by atoms with Crippen molar-refractivity contribution >= 4 is 46.3 Å². The molecule has 0 spiro atoms. The van der Waals surface area contributed by atoms with Gasteiger partial charge < -0.3 is 5.11 Å². The van der Waals surface area contributed by atoms with Gasteiger partial charge in [-0.3, -0.25) is 9.59 Å². The molecule has 2 aromatic carbocycles. The first-order valence-electron chi connectivity index (χ1n) is 6.32. The summed E-state index contributed by atoms with van der Waals surface area (Å²) in [4.78, 5) is 25.6. The van der Waals surface area contributed by atoms with Gasteiger partial charge in [0.1, 0.15) is 0 Å². The van der Waals surface area contributed by atoms with Crippen LogP contribution in [0, 0.1) is 0 Å². The van der Waals surface area contributed by atoms with E-state index in [4.69, 9.17) is 23.2 Å². The maximum absolute atomic E-state index is 12.6. The fourth-order valence-electron chi connectivity index (χ4n) is 2.29. The van der Waals surface area contributed by atoms with Crippen molar-refractivity contribution in [2.75, 3.05) is 4.90 Å². The predicted molar refractivity (Wildman–Crippen MR) is 84.9 cm³/mol. The average molecular weight is 334 g/mol. The number of imide groups is 1. The van der Waals surface area contributed by atoms with Crippen molar-refractivity contribution in [3.63, 3.8) is 0 Å². The Bertz CT molecular complexity index is 795. The third-order valence-corrected chi connectivity index (χ3v) is 3.66. The molecule has 6 heteroatoms. The smallest absolute Gasteiger partial charge is 0.301 e. The molecule has 0 unspecified atom stereocenters. The lowest BCUT2D eigenvalue weighted by Gasteiger charge is -2.15. The van der Waals surface area contributed by atoms with Gasteiger partial charge in [-0.2, -0.15) is 0 Å². The van der Waals surface area contributed by atoms with Gasteiger partial charge in [0.25, 0.3) is 5.91 Å². The first-order chi connectivity index (χ1) is 10.5. The maximum atomic E-state index is 12.6. The van der Waals surface area contributed by atoms with E-state index in [2.05, 4.69) is 0 Å². The third-order valence-electron chi connectivity index (χ3n) is 3.23. The molecule has 0 saturated heterocycles. The lowest BCUT2D eigenvalue weighted by atomic mass is 10.1. The second-order valence-corrected chi connectivity index (χ2v) is 5.54. The van der Waals surface area contributed by atoms with Crippen LogP contribution < -0.4 is 4.90 Å². The number of carbonyl (C=O) groups excluding carboxylic acids is 2. The monoisotopic (exact) mass is 333 g/mol. The number of aliphatic hydroxyl groups excluding tert-OH is 1. The minimum absolute atomic E-state index is 0.0401. The molecular weight excluding hydrogens is 325 g/mol. The van der Waals surface area contributed by atoms with Crippen LogP contribution in [0.3, 0.4) is 0 Å². The summed E-state index contributed by atoms with van der Waals surface area (Å²) in [6.45, 7) is 0. The second kappa shape index (κ2) is 5.48. The van der Waals surface area contributed by atoms with Crippen LogP contribution in [0.15, 0.2) is 54.3 Å². The van der Waals surface area contributed by atoms with Gasteiger partial charge in [-0.05, 0) is 23.8 Å². The predicted octanol–water partition coefficient (Wildman–Crippen LogP) is 3.84. The van der Waals surface area contributed by atoms with Crippen LogP contribution in [0.1, 0.15) is 5.56 Å². The lowest BCUT2D eigenvalue weighted by molar-refractivity contribution is -0.121. The number of carbonyl (C=O) groups is 2. The van der Waals surface area contributed by atoms with Gasteiger partial charge in [0, 0.05) is 10.0 Å². The van der Waals surface area contributed by atoms with Gasteiger partial charge in [-0.1, -0.05) is 53.5 Å². The Balaban J connectivity index is 2.08. The van der Waals surface area contributed by atoms with E-state index in [1.807, 2.05) is 0 Å². The topological polar surface area (TPSA) is 57.6 Å². The summed E-state index contributed by atoms with van der Waals surface area (Å²) in [6, 6.07) is 12.9. The average Bonchev–Trinajstić information content (AvgIpc) is 2.69. The van der Waals surface area contributed by atoms with E-state index < -0.39 is 17.6 Å². The van der Waals surface area contributed by atoms with Gasteiger partial charge in [-0.15, -0.1) is 0 Å². The van der Waals surface area contributed by atoms with E-state index in [1.54, 1.807) is 30.3 Å². The Morgan fingerprint density at radius 3 is 2.05 bits per heavy atom. The summed E-state index contributed by atoms with van der Waals surface area (Å²) in [7, 11) is 0. The SMILES string of the molecule is O=C1C(O)=C(c2ccccc2)C(=O)N1c1cc(Cl)cc(Cl)c1. The van der Waals surface area contributed by atoms with E-state index in [0.29, 0.717) is 5.56 Å². The number of hydrogen-bond acceptors (Lipinski definition) is 3. The largest absolute Gasteiger partial charge is 0.502 e. The molecule has 1 heterocycles. The quantitative estimate of drug-likeness (QED) is 0.849. The molecule has 0 aliphatic carbocycles. The molecule has 0 aromatic heterocycles. The highest BCUT2D eigenvalue weighted by molar-refractivity contribution is 6.45. The van der Waals surface area contributed by atoms with E-state index in [0.717, 1.165) is 4.90 Å². The number of nitrogens with zero attached hydrogens (tertiary/aromatic N) is 1. The zero-order valence-electron chi connectivity index (χ0n) is 11.1. The zero-order chi connectivity index (χ0) is 15.9. The van der Waals surface area contributed by atoms with E-state index in [1.165, 1.54) is 18.2 Å². The van der Waals surface area contributed by atoms with Crippen molar-refractivity contribution in [2.45, 2.75) is 0 Å². The molecule has 22 heavy (non-hydrogen) atoms. The summed E-state index contributed by atoms with van der Waals surface area (Å²) < 4.78 is 0. The maximum Gasteiger partial charge on any atom is 0.301 e. The van der Waals surface area contributed by atoms with Crippen molar-refractivity contribution in [3.8, 4) is 0 Å². The molecule has 2 amide bonds. The number of hydrogen-bond donors (Lipinski definition) is 1. The van der Waals surface area contributed by atoms with Crippen molar-refractivity contribution in [3.05, 3.63) is 69.9 Å². The summed E-state index contributed by atoms with van der Waals surface area (Å²) in [5.74, 6) is -2.01. The Labute approximate surface area is 136 Å². The molecule has 1 aliphatic heterocycles. The van der Waals surface area contributed by atoms with E-state index in [9.17, 15) is 14.7 Å². The van der Waals surface area contributed by atoms with Crippen LogP contribution in [0.5, 0.6) is 0 Å². The molecule has 110 valence electrons. The summed E-state index contributed by atoms with van der Waals surface area (Å²) in [5.41, 5.74) is 0.639. The summed E-state index contributed by atoms with van der Waals surface area (Å²) in [5, 5.41) is 10.6. The molecule has 0 bridgehead atoms. The van der Waals surface area contributed by atoms with Crippen LogP contribution in [0.4, 0.5) is 5.69 Å². The van der Waals surface area contributed by atoms with Crippen molar-refractivity contribution in [1.29, 1.82) is 0 Å². The summed E-state index contributed by atoms with van der Waals surface area (Å²) in [6.07, 6.45) is 0. The highest BCUT2D eigenvalue weighted by Crippen LogP contribution is 2.34. The molecule has 2 aromatic rings. The van der Waals surface area contributed by atoms with Crippen molar-refractivity contribution in [1.82, 2.24) is 0 Å². The Morgan fingerprint density at radius 2 is 1.45 bits per heavy atom. The van der Waals surface area contributed by atoms with Crippen LogP contribution in [-0.4, -0.2) is 16.9 Å². The van der Waals surface area contributed by atoms with Crippen molar-refractivity contribution < 1.29 is 14.7 Å². The Morgan fingerprint density at radius 1 is 0.864 bits per heavy atom. The van der Waals surface area contributed by atoms with Crippen LogP contribution in [0.2, 0.25) is 10.0 Å². The first-order valence-corrected chi connectivity index (χ1v) is 7.08. The molecule has 0 radical (unpaired) electrons. The van der Waals surface area contributed by atoms with Crippen LogP contribution in [0.25, 0.3) is 5.57 Å². The fraction of sp³-hybridized carbons (Fsp3) is 0. The highest BCUT2D eigenvalue weighted by atomic mass is 35.5. The minimum atomic E-state index is -0.804. The number of anilines is 1. The molecule has 1 N–H and O–H groups in total. The molecule has 0 atom stereocenters. The van der Waals surface area contributed by atoms with Crippen LogP contribution in [-0.2, 0) is 9.59 Å². The standard InChI is InChI=1S/C16H9Cl2NO3/c17-10-6-11(18)8-12(7-10)19-15(21)13(14(20)16(19)22)9-4-2-1-3-5-9/h1-8,20H. The molecule has 0 fully saturated rings. The van der Waals surface area contributed by atoms with Gasteiger partial charge in [0.2, 0.25) is 0 Å². The molecule has 1 aliphatic rings. The minimum Gasteiger partial charge on any atom is -0.502 e. The number of amides is 2. The van der Waals surface area contributed by atoms with Gasteiger partial charge in [0.15, 0.2) is 5.76 Å². The van der Waals surface area contributed by atoms with Gasteiger partial charge >= 0.3 is 5.91 Å². The van der Waals surface area contributed by atoms with Gasteiger partial charge in [0.05, 0.1) is 11.3 Å². The van der Waals surface area contributed by atoms with Crippen LogP contribution >= 0.6 is 23.2 Å². The lowest BCUT2D eigenvalue weighted by Crippen LogP contribution is -2.31. The Kier molecular flexibility index (Phi) is 3.64. The molecule has 3 rings (SSSR count). The normalized spacial score (nSPS) is 14.9. The third kappa shape index (κ3) is 2.36. The number of benzene rings is 2. The van der Waals surface area contributed by atoms with Crippen molar-refractivity contribution in [2.24, 2.45) is 0 Å². The molecule has 0 saturated carbocycles. The molecular formula is C16H9Cl2NO3. The second-order valence-electron chi connectivity index (χ2n) is 4.66. The summed E-state index contributed by atoms with van der Waals surface area (Å²) >= 11 is 11.8. The highest BCUT2D eigenvalue weighted by Gasteiger charge is 2.40. The number of halogens is 2. The number of rotatable bonds is 2. The zero-order valence-corrected chi connectivity index (χ0v) is 12.6. The first kappa shape index (κ1) is 14.6. The van der Waals surface area contributed by atoms with Gasteiger partial charge in [-0.25, -0.2) is 4.90 Å².